The van der Waals surface area contributed by atoms with Gasteiger partial charge >= 0.3 is 0 Å². The Hall–Kier alpha value is -0.0800. The van der Waals surface area contributed by atoms with E-state index in [0.717, 1.165) is 24.7 Å². The zero-order chi connectivity index (χ0) is 10.2. The molecular formula is C12H22O2. The predicted octanol–water partition coefficient (Wildman–Crippen LogP) is 2.35. The minimum Gasteiger partial charge on any atom is -0.394 e. The van der Waals surface area contributed by atoms with Crippen LogP contribution in [0.4, 0.5) is 0 Å². The molecule has 0 amide bonds. The van der Waals surface area contributed by atoms with E-state index >= 15 is 0 Å². The van der Waals surface area contributed by atoms with E-state index in [0.29, 0.717) is 0 Å². The summed E-state index contributed by atoms with van der Waals surface area (Å²) in [6.07, 6.45) is 6.08. The van der Waals surface area contributed by atoms with E-state index in [2.05, 4.69) is 13.8 Å². The maximum absolute atomic E-state index is 9.09. The molecule has 1 heterocycles. The second-order valence-electron chi connectivity index (χ2n) is 5.50. The molecule has 1 spiro atoms. The number of ether oxygens (including phenoxy) is 1. The minimum absolute atomic E-state index is 0.118. The summed E-state index contributed by atoms with van der Waals surface area (Å²) in [7, 11) is 0. The van der Waals surface area contributed by atoms with Crippen LogP contribution in [0, 0.1) is 11.8 Å². The van der Waals surface area contributed by atoms with Gasteiger partial charge < -0.3 is 9.84 Å². The number of aliphatic hydroxyl groups is 1. The lowest BCUT2D eigenvalue weighted by molar-refractivity contribution is -0.0970. The highest BCUT2D eigenvalue weighted by Gasteiger charge is 2.44. The number of rotatable bonds is 1. The van der Waals surface area contributed by atoms with Crippen LogP contribution in [0.25, 0.3) is 0 Å². The number of hydrogen-bond acceptors (Lipinski definition) is 2. The van der Waals surface area contributed by atoms with Crippen molar-refractivity contribution in [3.63, 3.8) is 0 Å². The maximum Gasteiger partial charge on any atom is 0.0814 e. The molecule has 3 atom stereocenters. The van der Waals surface area contributed by atoms with Crippen molar-refractivity contribution in [2.75, 3.05) is 6.61 Å². The van der Waals surface area contributed by atoms with Crippen LogP contribution in [-0.2, 0) is 4.74 Å². The molecule has 2 heteroatoms. The fourth-order valence-electron chi connectivity index (χ4n) is 3.53. The van der Waals surface area contributed by atoms with Crippen molar-refractivity contribution in [2.24, 2.45) is 11.8 Å². The second-order valence-corrected chi connectivity index (χ2v) is 5.50. The lowest BCUT2D eigenvalue weighted by Crippen LogP contribution is -2.38. The smallest absolute Gasteiger partial charge is 0.0814 e. The van der Waals surface area contributed by atoms with Crippen molar-refractivity contribution in [1.29, 1.82) is 0 Å². The maximum atomic E-state index is 9.09. The summed E-state index contributed by atoms with van der Waals surface area (Å²) in [6.45, 7) is 4.85. The molecule has 0 unspecified atom stereocenters. The van der Waals surface area contributed by atoms with Gasteiger partial charge in [-0.05, 0) is 43.9 Å². The third-order valence-electron chi connectivity index (χ3n) is 3.79. The Bertz CT molecular complexity index is 192. The van der Waals surface area contributed by atoms with Crippen molar-refractivity contribution in [2.45, 2.75) is 57.7 Å². The summed E-state index contributed by atoms with van der Waals surface area (Å²) in [5, 5.41) is 9.09. The molecule has 82 valence electrons. The normalized spacial score (nSPS) is 48.6. The van der Waals surface area contributed by atoms with E-state index in [1.807, 2.05) is 0 Å². The van der Waals surface area contributed by atoms with E-state index in [-0.39, 0.29) is 18.3 Å². The molecule has 1 aliphatic carbocycles. The van der Waals surface area contributed by atoms with Crippen LogP contribution in [0.5, 0.6) is 0 Å². The fourth-order valence-corrected chi connectivity index (χ4v) is 3.53. The molecule has 2 nitrogen and oxygen atoms in total. The van der Waals surface area contributed by atoms with Gasteiger partial charge in [0.2, 0.25) is 0 Å². The molecule has 1 saturated heterocycles. The molecule has 0 aromatic rings. The summed E-state index contributed by atoms with van der Waals surface area (Å²) < 4.78 is 6.03. The molecule has 1 saturated carbocycles. The molecule has 0 aromatic heterocycles. The Balaban J connectivity index is 2.01. The molecule has 0 aromatic carbocycles. The highest BCUT2D eigenvalue weighted by molar-refractivity contribution is 4.94. The SMILES string of the molecule is C[C@@H]1C[C@@H](C)CC2(CC[C@@H](CO)O2)C1. The molecule has 1 aliphatic heterocycles. The summed E-state index contributed by atoms with van der Waals surface area (Å²) in [5.74, 6) is 1.58. The highest BCUT2D eigenvalue weighted by atomic mass is 16.5. The average molecular weight is 198 g/mol. The van der Waals surface area contributed by atoms with Gasteiger partial charge in [0.05, 0.1) is 18.3 Å². The molecular weight excluding hydrogens is 176 g/mol. The molecule has 2 fully saturated rings. The van der Waals surface area contributed by atoms with Gasteiger partial charge in [-0.15, -0.1) is 0 Å². The van der Waals surface area contributed by atoms with Crippen LogP contribution in [0.1, 0.15) is 46.0 Å². The van der Waals surface area contributed by atoms with Crippen molar-refractivity contribution < 1.29 is 9.84 Å². The Labute approximate surface area is 86.6 Å². The van der Waals surface area contributed by atoms with Crippen LogP contribution < -0.4 is 0 Å². The molecule has 1 N–H and O–H groups in total. The van der Waals surface area contributed by atoms with E-state index in [1.165, 1.54) is 19.3 Å². The van der Waals surface area contributed by atoms with Crippen molar-refractivity contribution in [1.82, 2.24) is 0 Å². The van der Waals surface area contributed by atoms with Gasteiger partial charge in [-0.25, -0.2) is 0 Å². The van der Waals surface area contributed by atoms with E-state index in [9.17, 15) is 0 Å². The lowest BCUT2D eigenvalue weighted by Gasteiger charge is -2.40. The van der Waals surface area contributed by atoms with Crippen LogP contribution in [-0.4, -0.2) is 23.4 Å². The van der Waals surface area contributed by atoms with E-state index < -0.39 is 0 Å². The molecule has 0 bridgehead atoms. The molecule has 14 heavy (non-hydrogen) atoms. The first-order chi connectivity index (χ1) is 6.63. The Kier molecular flexibility index (Phi) is 2.85. The molecule has 2 rings (SSSR count). The number of hydrogen-bond donors (Lipinski definition) is 1. The first kappa shape index (κ1) is 10.4. The Morgan fingerprint density at radius 3 is 2.43 bits per heavy atom. The van der Waals surface area contributed by atoms with Gasteiger partial charge in [-0.2, -0.15) is 0 Å². The lowest BCUT2D eigenvalue weighted by atomic mass is 9.72. The van der Waals surface area contributed by atoms with Crippen LogP contribution in [0.3, 0.4) is 0 Å². The van der Waals surface area contributed by atoms with Gasteiger partial charge in [0.15, 0.2) is 0 Å². The quantitative estimate of drug-likeness (QED) is 0.701. The summed E-state index contributed by atoms with van der Waals surface area (Å²) in [6, 6.07) is 0. The second kappa shape index (κ2) is 3.82. The predicted molar refractivity (Wildman–Crippen MR) is 56.1 cm³/mol. The summed E-state index contributed by atoms with van der Waals surface area (Å²) in [5.41, 5.74) is 0.129. The first-order valence-electron chi connectivity index (χ1n) is 5.92. The molecule has 2 aliphatic rings. The van der Waals surface area contributed by atoms with Crippen LogP contribution in [0.2, 0.25) is 0 Å². The summed E-state index contributed by atoms with van der Waals surface area (Å²) in [4.78, 5) is 0. The van der Waals surface area contributed by atoms with Gasteiger partial charge in [0.1, 0.15) is 0 Å². The van der Waals surface area contributed by atoms with Crippen molar-refractivity contribution in [3.8, 4) is 0 Å². The Morgan fingerprint density at radius 1 is 1.29 bits per heavy atom. The minimum atomic E-state index is 0.118. The molecule has 0 radical (unpaired) electrons. The highest BCUT2D eigenvalue weighted by Crippen LogP contribution is 2.45. The third-order valence-corrected chi connectivity index (χ3v) is 3.79. The van der Waals surface area contributed by atoms with Gasteiger partial charge in [0, 0.05) is 0 Å². The topological polar surface area (TPSA) is 29.5 Å². The van der Waals surface area contributed by atoms with Gasteiger partial charge in [-0.1, -0.05) is 13.8 Å². The number of aliphatic hydroxyl groups excluding tert-OH is 1. The van der Waals surface area contributed by atoms with E-state index in [1.54, 1.807) is 0 Å². The zero-order valence-electron chi connectivity index (χ0n) is 9.33. The van der Waals surface area contributed by atoms with Crippen molar-refractivity contribution >= 4 is 0 Å². The Morgan fingerprint density at radius 2 is 1.93 bits per heavy atom. The monoisotopic (exact) mass is 198 g/mol. The van der Waals surface area contributed by atoms with Gasteiger partial charge in [0.25, 0.3) is 0 Å². The zero-order valence-corrected chi connectivity index (χ0v) is 9.33. The van der Waals surface area contributed by atoms with E-state index in [4.69, 9.17) is 9.84 Å². The average Bonchev–Trinajstić information content (AvgIpc) is 2.46. The first-order valence-corrected chi connectivity index (χ1v) is 5.92. The van der Waals surface area contributed by atoms with Crippen molar-refractivity contribution in [3.05, 3.63) is 0 Å². The largest absolute Gasteiger partial charge is 0.394 e. The van der Waals surface area contributed by atoms with Crippen LogP contribution >= 0.6 is 0 Å². The fraction of sp³-hybridized carbons (Fsp3) is 1.00. The van der Waals surface area contributed by atoms with Crippen LogP contribution in [0.15, 0.2) is 0 Å². The third kappa shape index (κ3) is 1.96. The summed E-state index contributed by atoms with van der Waals surface area (Å²) >= 11 is 0. The standard InChI is InChI=1S/C12H22O2/c1-9-5-10(2)7-12(6-9)4-3-11(8-13)14-12/h9-11,13H,3-8H2,1-2H3/t9-,10-,11+/m1/s1. The van der Waals surface area contributed by atoms with Gasteiger partial charge in [-0.3, -0.25) is 0 Å².